The molecule has 0 aromatic heterocycles. The fraction of sp³-hybridized carbons (Fsp3) is 0.682. The van der Waals surface area contributed by atoms with Gasteiger partial charge in [-0.3, -0.25) is 14.4 Å². The van der Waals surface area contributed by atoms with Crippen LogP contribution in [0.1, 0.15) is 57.8 Å². The largest absolute Gasteiger partial charge is 0.481 e. The number of amides is 1. The zero-order valence-corrected chi connectivity index (χ0v) is 17.8. The van der Waals surface area contributed by atoms with Crippen molar-refractivity contribution in [3.63, 3.8) is 0 Å². The molecule has 2 aliphatic rings. The number of nitrogens with one attached hydrogen (secondary N) is 2. The number of methoxy groups -OCH3 is 1. The second kappa shape index (κ2) is 12.5. The standard InChI is InChI=1S/C22H34N2O6/c1-29-13-10-23-19-7-5-3-2-4-6-17(19)14-18(16-25)21(28)24-22(15-20(26)27)8-11-30-12-9-22/h14,16,23H,2-13,15H2,1H3,(H,24,28)(H,26,27)/b18-14+,19-17-. The van der Waals surface area contributed by atoms with Crippen LogP contribution in [0.25, 0.3) is 0 Å². The quantitative estimate of drug-likeness (QED) is 0.162. The third-order valence-corrected chi connectivity index (χ3v) is 5.69. The van der Waals surface area contributed by atoms with Gasteiger partial charge in [-0.25, -0.2) is 0 Å². The molecule has 8 nitrogen and oxygen atoms in total. The third-order valence-electron chi connectivity index (χ3n) is 5.69. The summed E-state index contributed by atoms with van der Waals surface area (Å²) in [4.78, 5) is 36.0. The van der Waals surface area contributed by atoms with Gasteiger partial charge in [0.1, 0.15) is 0 Å². The number of rotatable bonds is 10. The first-order valence-corrected chi connectivity index (χ1v) is 10.7. The van der Waals surface area contributed by atoms with Crippen molar-refractivity contribution in [2.75, 3.05) is 33.5 Å². The predicted molar refractivity (Wildman–Crippen MR) is 112 cm³/mol. The van der Waals surface area contributed by atoms with Crippen LogP contribution in [0.5, 0.6) is 0 Å². The molecule has 1 fully saturated rings. The molecule has 0 bridgehead atoms. The zero-order chi connectivity index (χ0) is 21.8. The monoisotopic (exact) mass is 422 g/mol. The van der Waals surface area contributed by atoms with E-state index in [0.29, 0.717) is 45.5 Å². The molecule has 0 spiro atoms. The van der Waals surface area contributed by atoms with Gasteiger partial charge in [0.25, 0.3) is 5.91 Å². The highest BCUT2D eigenvalue weighted by molar-refractivity contribution is 6.11. The van der Waals surface area contributed by atoms with E-state index in [1.807, 2.05) is 0 Å². The van der Waals surface area contributed by atoms with Crippen molar-refractivity contribution >= 4 is 18.2 Å². The molecule has 2 rings (SSSR count). The summed E-state index contributed by atoms with van der Waals surface area (Å²) in [6, 6.07) is 0. The minimum Gasteiger partial charge on any atom is -0.481 e. The molecule has 30 heavy (non-hydrogen) atoms. The van der Waals surface area contributed by atoms with E-state index in [9.17, 15) is 19.5 Å². The van der Waals surface area contributed by atoms with E-state index in [0.717, 1.165) is 49.8 Å². The summed E-state index contributed by atoms with van der Waals surface area (Å²) >= 11 is 0. The van der Waals surface area contributed by atoms with Gasteiger partial charge in [0.05, 0.1) is 24.1 Å². The molecule has 0 aromatic carbocycles. The maximum absolute atomic E-state index is 12.9. The Morgan fingerprint density at radius 2 is 1.87 bits per heavy atom. The molecule has 0 unspecified atom stereocenters. The van der Waals surface area contributed by atoms with Gasteiger partial charge in [-0.1, -0.05) is 12.8 Å². The Morgan fingerprint density at radius 3 is 2.50 bits per heavy atom. The number of allylic oxidation sites excluding steroid dienone is 3. The van der Waals surface area contributed by atoms with E-state index < -0.39 is 17.4 Å². The van der Waals surface area contributed by atoms with Crippen LogP contribution in [0.3, 0.4) is 0 Å². The Kier molecular flexibility index (Phi) is 10.0. The van der Waals surface area contributed by atoms with Gasteiger partial charge in [-0.2, -0.15) is 0 Å². The van der Waals surface area contributed by atoms with Crippen molar-refractivity contribution in [2.45, 2.75) is 63.3 Å². The lowest BCUT2D eigenvalue weighted by molar-refractivity contribution is -0.140. The fourth-order valence-electron chi connectivity index (χ4n) is 4.00. The molecular formula is C22H34N2O6. The minimum atomic E-state index is -0.985. The molecule has 1 amide bonds. The number of carboxylic acid groups (broad SMARTS) is 1. The lowest BCUT2D eigenvalue weighted by atomic mass is 9.86. The maximum Gasteiger partial charge on any atom is 0.305 e. The highest BCUT2D eigenvalue weighted by Gasteiger charge is 2.37. The molecule has 8 heteroatoms. The predicted octanol–water partition coefficient (Wildman–Crippen LogP) is 2.10. The summed E-state index contributed by atoms with van der Waals surface area (Å²) in [6.07, 6.45) is 8.82. The van der Waals surface area contributed by atoms with Crippen LogP contribution < -0.4 is 10.6 Å². The highest BCUT2D eigenvalue weighted by Crippen LogP contribution is 2.26. The Bertz CT molecular complexity index is 665. The zero-order valence-electron chi connectivity index (χ0n) is 17.8. The van der Waals surface area contributed by atoms with Crippen molar-refractivity contribution in [1.82, 2.24) is 10.6 Å². The molecule has 0 saturated carbocycles. The number of carbonyl (C=O) groups is 3. The minimum absolute atomic E-state index is 0.0212. The summed E-state index contributed by atoms with van der Waals surface area (Å²) in [6.45, 7) is 1.99. The van der Waals surface area contributed by atoms with Crippen molar-refractivity contribution in [3.05, 3.63) is 22.9 Å². The van der Waals surface area contributed by atoms with E-state index in [-0.39, 0.29) is 12.0 Å². The van der Waals surface area contributed by atoms with Gasteiger partial charge in [0.15, 0.2) is 6.29 Å². The van der Waals surface area contributed by atoms with E-state index in [1.54, 1.807) is 13.2 Å². The van der Waals surface area contributed by atoms with Crippen LogP contribution in [0.2, 0.25) is 0 Å². The van der Waals surface area contributed by atoms with Crippen molar-refractivity contribution in [3.8, 4) is 0 Å². The van der Waals surface area contributed by atoms with Crippen molar-refractivity contribution in [2.24, 2.45) is 0 Å². The third kappa shape index (κ3) is 7.57. The number of aliphatic carboxylic acids is 1. The summed E-state index contributed by atoms with van der Waals surface area (Å²) < 4.78 is 10.4. The average molecular weight is 423 g/mol. The SMILES string of the molecule is COCCN/C1=C(\C=C(/C=O)C(=O)NC2(CC(=O)O)CCOCC2)CCCCCC1. The normalized spacial score (nSPS) is 22.5. The molecule has 1 aliphatic heterocycles. The second-order valence-electron chi connectivity index (χ2n) is 7.97. The van der Waals surface area contributed by atoms with E-state index in [1.165, 1.54) is 0 Å². The molecule has 1 heterocycles. The van der Waals surface area contributed by atoms with Gasteiger partial charge in [0, 0.05) is 32.6 Å². The van der Waals surface area contributed by atoms with Gasteiger partial charge >= 0.3 is 5.97 Å². The molecule has 0 radical (unpaired) electrons. The van der Waals surface area contributed by atoms with Crippen LogP contribution in [0, 0.1) is 0 Å². The van der Waals surface area contributed by atoms with Crippen molar-refractivity contribution in [1.29, 1.82) is 0 Å². The Labute approximate surface area is 178 Å². The Hall–Kier alpha value is -2.19. The van der Waals surface area contributed by atoms with Crippen LogP contribution in [0.15, 0.2) is 22.9 Å². The van der Waals surface area contributed by atoms with Crippen LogP contribution in [-0.4, -0.2) is 62.3 Å². The molecule has 0 aromatic rings. The number of carbonyl (C=O) groups excluding carboxylic acids is 2. The van der Waals surface area contributed by atoms with E-state index in [4.69, 9.17) is 9.47 Å². The number of ether oxygens (including phenoxy) is 2. The molecule has 1 saturated heterocycles. The average Bonchev–Trinajstić information content (AvgIpc) is 2.69. The van der Waals surface area contributed by atoms with Crippen LogP contribution in [-0.2, 0) is 23.9 Å². The summed E-state index contributed by atoms with van der Waals surface area (Å²) in [5.41, 5.74) is 1.14. The van der Waals surface area contributed by atoms with Gasteiger partial charge in [-0.15, -0.1) is 0 Å². The first-order valence-electron chi connectivity index (χ1n) is 10.7. The highest BCUT2D eigenvalue weighted by atomic mass is 16.5. The molecular weight excluding hydrogens is 388 g/mol. The number of hydrogen-bond donors (Lipinski definition) is 3. The summed E-state index contributed by atoms with van der Waals surface area (Å²) in [5, 5.41) is 15.5. The van der Waals surface area contributed by atoms with E-state index in [2.05, 4.69) is 10.6 Å². The topological polar surface area (TPSA) is 114 Å². The van der Waals surface area contributed by atoms with Gasteiger partial charge < -0.3 is 25.2 Å². The Balaban J connectivity index is 2.23. The smallest absolute Gasteiger partial charge is 0.305 e. The molecule has 3 N–H and O–H groups in total. The molecule has 168 valence electrons. The maximum atomic E-state index is 12.9. The second-order valence-corrected chi connectivity index (χ2v) is 7.97. The molecule has 1 aliphatic carbocycles. The first-order chi connectivity index (χ1) is 14.5. The van der Waals surface area contributed by atoms with Gasteiger partial charge in [0.2, 0.25) is 0 Å². The Morgan fingerprint density at radius 1 is 1.17 bits per heavy atom. The first kappa shape index (κ1) is 24.1. The van der Waals surface area contributed by atoms with Crippen molar-refractivity contribution < 1.29 is 29.0 Å². The van der Waals surface area contributed by atoms with Gasteiger partial charge in [-0.05, 0) is 50.2 Å². The lowest BCUT2D eigenvalue weighted by Crippen LogP contribution is -2.53. The summed E-state index contributed by atoms with van der Waals surface area (Å²) in [5.74, 6) is -1.51. The lowest BCUT2D eigenvalue weighted by Gasteiger charge is -2.36. The summed E-state index contributed by atoms with van der Waals surface area (Å²) in [7, 11) is 1.65. The fourth-order valence-corrected chi connectivity index (χ4v) is 4.00. The van der Waals surface area contributed by atoms with Crippen LogP contribution >= 0.6 is 0 Å². The number of carboxylic acids is 1. The van der Waals surface area contributed by atoms with Crippen LogP contribution in [0.4, 0.5) is 0 Å². The van der Waals surface area contributed by atoms with E-state index >= 15 is 0 Å². The molecule has 0 atom stereocenters. The number of aldehydes is 1. The number of hydrogen-bond acceptors (Lipinski definition) is 6.